The highest BCUT2D eigenvalue weighted by atomic mass is 79.9. The lowest BCUT2D eigenvalue weighted by Gasteiger charge is -2.07. The van der Waals surface area contributed by atoms with Gasteiger partial charge in [0, 0.05) is 18.3 Å². The van der Waals surface area contributed by atoms with Crippen molar-refractivity contribution in [1.82, 2.24) is 9.78 Å². The zero-order chi connectivity index (χ0) is 14.0. The Hall–Kier alpha value is -1.56. The minimum Gasteiger partial charge on any atom is -0.287 e. The summed E-state index contributed by atoms with van der Waals surface area (Å²) in [5.41, 5.74) is 0.435. The van der Waals surface area contributed by atoms with E-state index >= 15 is 0 Å². The van der Waals surface area contributed by atoms with Crippen LogP contribution in [0.4, 0.5) is 8.78 Å². The van der Waals surface area contributed by atoms with Gasteiger partial charge in [-0.1, -0.05) is 6.92 Å². The molecular formula is C13H11BrF2N2O. The molecule has 0 saturated carbocycles. The molecule has 0 spiro atoms. The highest BCUT2D eigenvalue weighted by Crippen LogP contribution is 2.25. The number of halogens is 3. The molecule has 1 aromatic heterocycles. The van der Waals surface area contributed by atoms with Gasteiger partial charge >= 0.3 is 0 Å². The second kappa shape index (κ2) is 5.61. The molecule has 0 aliphatic heterocycles. The second-order valence-corrected chi connectivity index (χ2v) is 4.78. The summed E-state index contributed by atoms with van der Waals surface area (Å²) in [7, 11) is 0. The molecule has 2 aromatic rings. The molecule has 100 valence electrons. The average Bonchev–Trinajstić information content (AvgIpc) is 2.84. The Bertz CT molecular complexity index is 625. The van der Waals surface area contributed by atoms with Crippen molar-refractivity contribution in [3.63, 3.8) is 0 Å². The first-order valence-electron chi connectivity index (χ1n) is 5.76. The van der Waals surface area contributed by atoms with Gasteiger partial charge in [-0.25, -0.2) is 8.78 Å². The van der Waals surface area contributed by atoms with Crippen molar-refractivity contribution in [2.24, 2.45) is 0 Å². The minimum absolute atomic E-state index is 0.0803. The zero-order valence-electron chi connectivity index (χ0n) is 10.2. The van der Waals surface area contributed by atoms with E-state index < -0.39 is 17.4 Å². The number of aromatic nitrogens is 2. The Morgan fingerprint density at radius 2 is 2.11 bits per heavy atom. The van der Waals surface area contributed by atoms with E-state index in [0.29, 0.717) is 12.2 Å². The molecule has 1 heterocycles. The molecule has 0 atom stereocenters. The molecular weight excluding hydrogens is 318 g/mol. The summed E-state index contributed by atoms with van der Waals surface area (Å²) in [6.45, 7) is 2.55. The Kier molecular flexibility index (Phi) is 4.09. The fourth-order valence-electron chi connectivity index (χ4n) is 1.75. The van der Waals surface area contributed by atoms with E-state index in [1.54, 1.807) is 10.7 Å². The van der Waals surface area contributed by atoms with Crippen molar-refractivity contribution in [2.75, 3.05) is 0 Å². The first-order valence-corrected chi connectivity index (χ1v) is 6.55. The van der Waals surface area contributed by atoms with Crippen molar-refractivity contribution in [2.45, 2.75) is 19.9 Å². The molecule has 0 aliphatic rings. The summed E-state index contributed by atoms with van der Waals surface area (Å²) < 4.78 is 27.9. The van der Waals surface area contributed by atoms with Crippen LogP contribution in [0.15, 0.2) is 28.9 Å². The molecule has 2 rings (SSSR count). The molecule has 0 aliphatic carbocycles. The van der Waals surface area contributed by atoms with E-state index in [-0.39, 0.29) is 10.0 Å². The van der Waals surface area contributed by atoms with Crippen LogP contribution in [0.25, 0.3) is 0 Å². The predicted molar refractivity (Wildman–Crippen MR) is 70.0 cm³/mol. The first-order chi connectivity index (χ1) is 9.06. The van der Waals surface area contributed by atoms with Crippen molar-refractivity contribution < 1.29 is 13.6 Å². The van der Waals surface area contributed by atoms with E-state index in [2.05, 4.69) is 21.0 Å². The Morgan fingerprint density at radius 1 is 1.37 bits per heavy atom. The van der Waals surface area contributed by atoms with Gasteiger partial charge in [0.15, 0.2) is 11.6 Å². The lowest BCUT2D eigenvalue weighted by molar-refractivity contribution is 0.102. The summed E-state index contributed by atoms with van der Waals surface area (Å²) in [4.78, 5) is 12.3. The van der Waals surface area contributed by atoms with Gasteiger partial charge in [0.05, 0.1) is 4.47 Å². The van der Waals surface area contributed by atoms with E-state index in [9.17, 15) is 13.6 Å². The highest BCUT2D eigenvalue weighted by Gasteiger charge is 2.20. The van der Waals surface area contributed by atoms with E-state index in [4.69, 9.17) is 0 Å². The molecule has 1 aromatic carbocycles. The molecule has 0 unspecified atom stereocenters. The van der Waals surface area contributed by atoms with Crippen molar-refractivity contribution in [3.05, 3.63) is 51.8 Å². The number of rotatable bonds is 4. The predicted octanol–water partition coefficient (Wildman–Crippen LogP) is 3.56. The van der Waals surface area contributed by atoms with Crippen LogP contribution in [0.1, 0.15) is 29.4 Å². The van der Waals surface area contributed by atoms with Gasteiger partial charge in [-0.05, 0) is 40.5 Å². The van der Waals surface area contributed by atoms with Gasteiger partial charge < -0.3 is 0 Å². The SMILES string of the molecule is CCCn1nccc1C(=O)c1ccc(F)c(F)c1Br. The third kappa shape index (κ3) is 2.58. The molecule has 0 radical (unpaired) electrons. The summed E-state index contributed by atoms with van der Waals surface area (Å²) in [6.07, 6.45) is 2.33. The molecule has 0 N–H and O–H groups in total. The Morgan fingerprint density at radius 3 is 2.79 bits per heavy atom. The van der Waals surface area contributed by atoms with Gasteiger partial charge in [-0.15, -0.1) is 0 Å². The third-order valence-corrected chi connectivity index (χ3v) is 3.44. The quantitative estimate of drug-likeness (QED) is 0.635. The number of aryl methyl sites for hydroxylation is 1. The minimum atomic E-state index is -1.06. The van der Waals surface area contributed by atoms with Crippen LogP contribution in [0, 0.1) is 11.6 Å². The number of hydrogen-bond acceptors (Lipinski definition) is 2. The smallest absolute Gasteiger partial charge is 0.212 e. The maximum Gasteiger partial charge on any atom is 0.212 e. The normalized spacial score (nSPS) is 10.7. The molecule has 0 fully saturated rings. The fraction of sp³-hybridized carbons (Fsp3) is 0.231. The summed E-state index contributed by atoms with van der Waals surface area (Å²) >= 11 is 2.92. The number of carbonyl (C=O) groups excluding carboxylic acids is 1. The van der Waals surface area contributed by atoms with Gasteiger partial charge in [0.1, 0.15) is 5.69 Å². The van der Waals surface area contributed by atoms with Crippen LogP contribution in [0.2, 0.25) is 0 Å². The molecule has 19 heavy (non-hydrogen) atoms. The van der Waals surface area contributed by atoms with Gasteiger partial charge in [-0.2, -0.15) is 5.10 Å². The van der Waals surface area contributed by atoms with Crippen LogP contribution in [0.5, 0.6) is 0 Å². The number of carbonyl (C=O) groups is 1. The summed E-state index contributed by atoms with van der Waals surface area (Å²) in [5.74, 6) is -2.45. The second-order valence-electron chi connectivity index (χ2n) is 3.99. The molecule has 6 heteroatoms. The van der Waals surface area contributed by atoms with E-state index in [1.807, 2.05) is 6.92 Å². The first kappa shape index (κ1) is 13.9. The molecule has 3 nitrogen and oxygen atoms in total. The maximum atomic E-state index is 13.4. The van der Waals surface area contributed by atoms with Gasteiger partial charge in [-0.3, -0.25) is 9.48 Å². The van der Waals surface area contributed by atoms with Crippen LogP contribution in [0.3, 0.4) is 0 Å². The lowest BCUT2D eigenvalue weighted by atomic mass is 10.1. The number of benzene rings is 1. The van der Waals surface area contributed by atoms with Crippen molar-refractivity contribution in [3.8, 4) is 0 Å². The monoisotopic (exact) mass is 328 g/mol. The molecule has 0 bridgehead atoms. The fourth-order valence-corrected chi connectivity index (χ4v) is 2.26. The maximum absolute atomic E-state index is 13.4. The standard InChI is InChI=1S/C13H11BrF2N2O/c1-2-7-18-10(5-6-17-18)13(19)8-3-4-9(15)12(16)11(8)14/h3-6H,2,7H2,1H3. The molecule has 0 saturated heterocycles. The van der Waals surface area contributed by atoms with E-state index in [1.165, 1.54) is 12.3 Å². The molecule has 0 amide bonds. The number of nitrogens with zero attached hydrogens (tertiary/aromatic N) is 2. The Balaban J connectivity index is 2.45. The Labute approximate surface area is 117 Å². The van der Waals surface area contributed by atoms with E-state index in [0.717, 1.165) is 12.5 Å². The summed E-state index contributed by atoms with van der Waals surface area (Å²) in [6, 6.07) is 3.76. The third-order valence-electron chi connectivity index (χ3n) is 2.66. The average molecular weight is 329 g/mol. The number of ketones is 1. The summed E-state index contributed by atoms with van der Waals surface area (Å²) in [5, 5.41) is 4.03. The van der Waals surface area contributed by atoms with Gasteiger partial charge in [0.2, 0.25) is 5.78 Å². The van der Waals surface area contributed by atoms with Crippen LogP contribution >= 0.6 is 15.9 Å². The number of hydrogen-bond donors (Lipinski definition) is 0. The van der Waals surface area contributed by atoms with Crippen molar-refractivity contribution in [1.29, 1.82) is 0 Å². The van der Waals surface area contributed by atoms with Crippen LogP contribution in [-0.4, -0.2) is 15.6 Å². The van der Waals surface area contributed by atoms with Crippen LogP contribution < -0.4 is 0 Å². The van der Waals surface area contributed by atoms with Crippen LogP contribution in [-0.2, 0) is 6.54 Å². The topological polar surface area (TPSA) is 34.9 Å². The zero-order valence-corrected chi connectivity index (χ0v) is 11.7. The lowest BCUT2D eigenvalue weighted by Crippen LogP contribution is -2.12. The van der Waals surface area contributed by atoms with Gasteiger partial charge in [0.25, 0.3) is 0 Å². The van der Waals surface area contributed by atoms with Crippen molar-refractivity contribution >= 4 is 21.7 Å². The largest absolute Gasteiger partial charge is 0.287 e. The highest BCUT2D eigenvalue weighted by molar-refractivity contribution is 9.10.